The Morgan fingerprint density at radius 2 is 1.95 bits per heavy atom. The molecular weight excluding hydrogens is 300 g/mol. The molecule has 126 valence electrons. The van der Waals surface area contributed by atoms with Crippen LogP contribution in [0, 0.1) is 13.8 Å². The van der Waals surface area contributed by atoms with Crippen LogP contribution in [0.1, 0.15) is 51.0 Å². The van der Waals surface area contributed by atoms with E-state index in [-0.39, 0.29) is 11.9 Å². The molecule has 0 aliphatic heterocycles. The topological polar surface area (TPSA) is 50.2 Å². The zero-order valence-corrected chi connectivity index (χ0v) is 15.2. The largest absolute Gasteiger partial charge is 0.354 e. The summed E-state index contributed by atoms with van der Waals surface area (Å²) in [7, 11) is 0. The van der Waals surface area contributed by atoms with Gasteiger partial charge in [0.15, 0.2) is 0 Å². The highest BCUT2D eigenvalue weighted by atomic mass is 35.5. The van der Waals surface area contributed by atoms with Crippen molar-refractivity contribution in [1.29, 1.82) is 0 Å². The number of aromatic nitrogens is 2. The van der Waals surface area contributed by atoms with Crippen LogP contribution in [0.2, 0.25) is 5.02 Å². The first-order chi connectivity index (χ1) is 10.5. The summed E-state index contributed by atoms with van der Waals surface area (Å²) in [5.41, 5.74) is 1.62. The van der Waals surface area contributed by atoms with Crippen molar-refractivity contribution in [1.82, 2.24) is 20.0 Å². The Hall–Kier alpha value is -1.07. The molecule has 6 heteroatoms. The van der Waals surface area contributed by atoms with Crippen LogP contribution in [0.15, 0.2) is 0 Å². The second-order valence-electron chi connectivity index (χ2n) is 5.52. The average molecular weight is 329 g/mol. The van der Waals surface area contributed by atoms with Crippen molar-refractivity contribution in [2.75, 3.05) is 26.2 Å². The van der Waals surface area contributed by atoms with E-state index in [0.29, 0.717) is 18.0 Å². The van der Waals surface area contributed by atoms with Crippen molar-refractivity contribution in [3.63, 3.8) is 0 Å². The minimum Gasteiger partial charge on any atom is -0.354 e. The van der Waals surface area contributed by atoms with Crippen molar-refractivity contribution in [3.05, 3.63) is 16.4 Å². The predicted molar refractivity (Wildman–Crippen MR) is 91.5 cm³/mol. The third-order valence-corrected chi connectivity index (χ3v) is 4.61. The molecule has 1 N–H and O–H groups in total. The van der Waals surface area contributed by atoms with Gasteiger partial charge in [-0.2, -0.15) is 5.10 Å². The van der Waals surface area contributed by atoms with Crippen LogP contribution in [-0.4, -0.2) is 46.8 Å². The maximum atomic E-state index is 12.4. The minimum absolute atomic E-state index is 0.0179. The molecule has 0 spiro atoms. The molecule has 22 heavy (non-hydrogen) atoms. The predicted octanol–water partition coefficient (Wildman–Crippen LogP) is 2.95. The second kappa shape index (κ2) is 9.16. The first kappa shape index (κ1) is 19.0. The summed E-state index contributed by atoms with van der Waals surface area (Å²) < 4.78 is 1.75. The molecule has 1 amide bonds. The molecule has 1 unspecified atom stereocenters. The number of carbonyl (C=O) groups excluding carboxylic acids is 1. The highest BCUT2D eigenvalue weighted by Gasteiger charge is 2.22. The Labute approximate surface area is 139 Å². The van der Waals surface area contributed by atoms with Crippen molar-refractivity contribution in [2.24, 2.45) is 0 Å². The molecule has 1 aromatic heterocycles. The van der Waals surface area contributed by atoms with Gasteiger partial charge < -0.3 is 10.2 Å². The van der Waals surface area contributed by atoms with Gasteiger partial charge in [-0.25, -0.2) is 0 Å². The lowest BCUT2D eigenvalue weighted by molar-refractivity contribution is -0.124. The normalized spacial score (nSPS) is 12.7. The van der Waals surface area contributed by atoms with Gasteiger partial charge in [0.25, 0.3) is 0 Å². The average Bonchev–Trinajstić information content (AvgIpc) is 2.76. The zero-order chi connectivity index (χ0) is 16.7. The van der Waals surface area contributed by atoms with E-state index in [1.54, 1.807) is 4.68 Å². The monoisotopic (exact) mass is 328 g/mol. The molecule has 0 aliphatic rings. The molecule has 0 aliphatic carbocycles. The number of nitrogens with one attached hydrogen (secondary N) is 1. The number of aryl methyl sites for hydroxylation is 1. The molecule has 0 aromatic carbocycles. The number of amides is 1. The molecule has 0 saturated heterocycles. The molecule has 0 radical (unpaired) electrons. The van der Waals surface area contributed by atoms with Gasteiger partial charge in [0.2, 0.25) is 5.91 Å². The highest BCUT2D eigenvalue weighted by Crippen LogP contribution is 2.23. The lowest BCUT2D eigenvalue weighted by atomic mass is 10.2. The number of hydrogen-bond donors (Lipinski definition) is 1. The summed E-state index contributed by atoms with van der Waals surface area (Å²) in [5, 5.41) is 8.07. The summed E-state index contributed by atoms with van der Waals surface area (Å²) in [6, 6.07) is -0.292. The Balaban J connectivity index is 2.56. The summed E-state index contributed by atoms with van der Waals surface area (Å²) in [4.78, 5) is 14.8. The van der Waals surface area contributed by atoms with Gasteiger partial charge >= 0.3 is 0 Å². The van der Waals surface area contributed by atoms with Crippen LogP contribution in [0.3, 0.4) is 0 Å². The molecular formula is C16H29ClN4O. The summed E-state index contributed by atoms with van der Waals surface area (Å²) >= 11 is 6.18. The van der Waals surface area contributed by atoms with E-state index in [0.717, 1.165) is 37.4 Å². The number of nitrogens with zero attached hydrogens (tertiary/aromatic N) is 3. The first-order valence-electron chi connectivity index (χ1n) is 8.17. The molecule has 1 aromatic rings. The van der Waals surface area contributed by atoms with Crippen molar-refractivity contribution in [3.8, 4) is 0 Å². The summed E-state index contributed by atoms with van der Waals surface area (Å²) in [5.74, 6) is 0.0179. The van der Waals surface area contributed by atoms with E-state index in [4.69, 9.17) is 11.6 Å². The van der Waals surface area contributed by atoms with Crippen LogP contribution < -0.4 is 5.32 Å². The number of hydrogen-bond acceptors (Lipinski definition) is 3. The van der Waals surface area contributed by atoms with Gasteiger partial charge in [-0.15, -0.1) is 0 Å². The van der Waals surface area contributed by atoms with Gasteiger partial charge in [0.1, 0.15) is 6.04 Å². The van der Waals surface area contributed by atoms with Crippen molar-refractivity contribution < 1.29 is 4.79 Å². The molecule has 0 fully saturated rings. The molecule has 1 rings (SSSR count). The van der Waals surface area contributed by atoms with E-state index < -0.39 is 0 Å². The third kappa shape index (κ3) is 4.71. The fraction of sp³-hybridized carbons (Fsp3) is 0.750. The van der Waals surface area contributed by atoms with Crippen molar-refractivity contribution in [2.45, 2.75) is 53.5 Å². The number of halogens is 1. The molecule has 1 atom stereocenters. The summed E-state index contributed by atoms with van der Waals surface area (Å²) in [6.07, 6.45) is 1.65. The van der Waals surface area contributed by atoms with Crippen LogP contribution >= 0.6 is 11.6 Å². The SMILES string of the molecule is CCC(C(=O)NCCCN(CC)CC)n1nc(C)c(Cl)c1C. The fourth-order valence-electron chi connectivity index (χ4n) is 2.59. The van der Waals surface area contributed by atoms with Gasteiger partial charge in [-0.05, 0) is 46.3 Å². The van der Waals surface area contributed by atoms with Gasteiger partial charge in [-0.3, -0.25) is 9.48 Å². The summed E-state index contributed by atoms with van der Waals surface area (Å²) in [6.45, 7) is 13.9. The van der Waals surface area contributed by atoms with Gasteiger partial charge in [0, 0.05) is 6.54 Å². The lowest BCUT2D eigenvalue weighted by Crippen LogP contribution is -2.35. The van der Waals surface area contributed by atoms with E-state index in [1.165, 1.54) is 0 Å². The fourth-order valence-corrected chi connectivity index (χ4v) is 2.71. The smallest absolute Gasteiger partial charge is 0.244 e. The Morgan fingerprint density at radius 3 is 2.41 bits per heavy atom. The zero-order valence-electron chi connectivity index (χ0n) is 14.4. The van der Waals surface area contributed by atoms with Gasteiger partial charge in [-0.1, -0.05) is 32.4 Å². The number of carbonyl (C=O) groups is 1. The second-order valence-corrected chi connectivity index (χ2v) is 5.90. The molecule has 5 nitrogen and oxygen atoms in total. The first-order valence-corrected chi connectivity index (χ1v) is 8.55. The van der Waals surface area contributed by atoms with Crippen molar-refractivity contribution >= 4 is 17.5 Å². The van der Waals surface area contributed by atoms with Crippen LogP contribution in [0.5, 0.6) is 0 Å². The Kier molecular flexibility index (Phi) is 7.90. The maximum Gasteiger partial charge on any atom is 0.244 e. The van der Waals surface area contributed by atoms with E-state index >= 15 is 0 Å². The molecule has 1 heterocycles. The standard InChI is InChI=1S/C16H29ClN4O/c1-6-14(21-13(5)15(17)12(4)19-21)16(22)18-10-9-11-20(7-2)8-3/h14H,6-11H2,1-5H3,(H,18,22). The molecule has 0 saturated carbocycles. The Morgan fingerprint density at radius 1 is 1.32 bits per heavy atom. The van der Waals surface area contributed by atoms with Gasteiger partial charge in [0.05, 0.1) is 16.4 Å². The number of rotatable bonds is 9. The highest BCUT2D eigenvalue weighted by molar-refractivity contribution is 6.31. The Bertz CT molecular complexity index is 483. The van der Waals surface area contributed by atoms with Crippen LogP contribution in [0.25, 0.3) is 0 Å². The molecule has 0 bridgehead atoms. The lowest BCUT2D eigenvalue weighted by Gasteiger charge is -2.19. The third-order valence-electron chi connectivity index (χ3n) is 4.07. The van der Waals surface area contributed by atoms with E-state index in [9.17, 15) is 4.79 Å². The van der Waals surface area contributed by atoms with Crippen LogP contribution in [-0.2, 0) is 4.79 Å². The van der Waals surface area contributed by atoms with E-state index in [1.807, 2.05) is 20.8 Å². The van der Waals surface area contributed by atoms with Crippen LogP contribution in [0.4, 0.5) is 0 Å². The minimum atomic E-state index is -0.292. The van der Waals surface area contributed by atoms with E-state index in [2.05, 4.69) is 29.2 Å². The maximum absolute atomic E-state index is 12.4. The quantitative estimate of drug-likeness (QED) is 0.709.